The van der Waals surface area contributed by atoms with Gasteiger partial charge in [0.25, 0.3) is 0 Å². The molecule has 2 aromatic carbocycles. The fourth-order valence-electron chi connectivity index (χ4n) is 3.58. The SMILES string of the molecule is Clc1ccc(C(c2ccccc2)N2CCN(N=Cc3ccncc3)CC2)cc1. The summed E-state index contributed by atoms with van der Waals surface area (Å²) in [7, 11) is 0. The van der Waals surface area contributed by atoms with Crippen molar-refractivity contribution in [2.24, 2.45) is 5.10 Å². The fraction of sp³-hybridized carbons (Fsp3) is 0.217. The molecule has 5 heteroatoms. The lowest BCUT2D eigenvalue weighted by Crippen LogP contribution is -2.45. The summed E-state index contributed by atoms with van der Waals surface area (Å²) < 4.78 is 0. The van der Waals surface area contributed by atoms with Gasteiger partial charge in [-0.2, -0.15) is 5.10 Å². The molecule has 1 unspecified atom stereocenters. The summed E-state index contributed by atoms with van der Waals surface area (Å²) in [6.45, 7) is 3.71. The van der Waals surface area contributed by atoms with Gasteiger partial charge in [-0.05, 0) is 41.0 Å². The zero-order chi connectivity index (χ0) is 19.2. The molecule has 0 radical (unpaired) electrons. The first-order chi connectivity index (χ1) is 13.8. The molecular weight excluding hydrogens is 368 g/mol. The minimum absolute atomic E-state index is 0.227. The van der Waals surface area contributed by atoms with E-state index >= 15 is 0 Å². The largest absolute Gasteiger partial charge is 0.294 e. The second-order valence-electron chi connectivity index (χ2n) is 6.88. The standard InChI is InChI=1S/C23H23ClN4/c24-22-8-6-21(7-9-22)23(20-4-2-1-3-5-20)27-14-16-28(17-15-27)26-18-19-10-12-25-13-11-19/h1-13,18,23H,14-17H2. The van der Waals surface area contributed by atoms with Gasteiger partial charge in [0.15, 0.2) is 0 Å². The van der Waals surface area contributed by atoms with E-state index < -0.39 is 0 Å². The van der Waals surface area contributed by atoms with E-state index in [4.69, 9.17) is 11.6 Å². The minimum Gasteiger partial charge on any atom is -0.294 e. The van der Waals surface area contributed by atoms with Crippen LogP contribution in [0.3, 0.4) is 0 Å². The Kier molecular flexibility index (Phi) is 6.00. The van der Waals surface area contributed by atoms with Crippen molar-refractivity contribution in [3.63, 3.8) is 0 Å². The van der Waals surface area contributed by atoms with Gasteiger partial charge in [0, 0.05) is 43.6 Å². The van der Waals surface area contributed by atoms with Gasteiger partial charge < -0.3 is 0 Å². The van der Waals surface area contributed by atoms with E-state index in [2.05, 4.69) is 62.5 Å². The summed E-state index contributed by atoms with van der Waals surface area (Å²) in [6.07, 6.45) is 5.48. The topological polar surface area (TPSA) is 31.7 Å². The Hall–Kier alpha value is -2.69. The quantitative estimate of drug-likeness (QED) is 0.602. The number of hydrazone groups is 1. The molecule has 4 rings (SSSR count). The van der Waals surface area contributed by atoms with Crippen molar-refractivity contribution in [1.29, 1.82) is 0 Å². The van der Waals surface area contributed by atoms with Crippen LogP contribution in [0.5, 0.6) is 0 Å². The van der Waals surface area contributed by atoms with Gasteiger partial charge in [0.2, 0.25) is 0 Å². The molecule has 1 saturated heterocycles. The number of hydrogen-bond donors (Lipinski definition) is 0. The molecule has 2 heterocycles. The van der Waals surface area contributed by atoms with Crippen molar-refractivity contribution in [1.82, 2.24) is 14.9 Å². The van der Waals surface area contributed by atoms with Crippen LogP contribution in [-0.2, 0) is 0 Å². The minimum atomic E-state index is 0.227. The number of piperazine rings is 1. The summed E-state index contributed by atoms with van der Waals surface area (Å²) in [5, 5.41) is 7.55. The van der Waals surface area contributed by atoms with Crippen molar-refractivity contribution >= 4 is 17.8 Å². The third-order valence-corrected chi connectivity index (χ3v) is 5.29. The highest BCUT2D eigenvalue weighted by molar-refractivity contribution is 6.30. The van der Waals surface area contributed by atoms with Gasteiger partial charge in [0.05, 0.1) is 12.3 Å². The third kappa shape index (κ3) is 4.58. The molecule has 142 valence electrons. The average Bonchev–Trinajstić information content (AvgIpc) is 2.76. The van der Waals surface area contributed by atoms with Gasteiger partial charge in [-0.25, -0.2) is 0 Å². The number of nitrogens with zero attached hydrogens (tertiary/aromatic N) is 4. The predicted molar refractivity (Wildman–Crippen MR) is 115 cm³/mol. The second kappa shape index (κ2) is 9.00. The number of pyridine rings is 1. The Bertz CT molecular complexity index is 889. The predicted octanol–water partition coefficient (Wildman–Crippen LogP) is 4.48. The van der Waals surface area contributed by atoms with Gasteiger partial charge in [0.1, 0.15) is 0 Å². The van der Waals surface area contributed by atoms with Crippen LogP contribution in [0.2, 0.25) is 5.02 Å². The number of hydrogen-bond acceptors (Lipinski definition) is 4. The van der Waals surface area contributed by atoms with E-state index in [9.17, 15) is 0 Å². The molecule has 0 saturated carbocycles. The molecule has 3 aromatic rings. The number of benzene rings is 2. The highest BCUT2D eigenvalue weighted by Gasteiger charge is 2.25. The lowest BCUT2D eigenvalue weighted by Gasteiger charge is -2.38. The molecule has 1 aliphatic heterocycles. The first-order valence-corrected chi connectivity index (χ1v) is 9.91. The number of rotatable bonds is 5. The summed E-state index contributed by atoms with van der Waals surface area (Å²) in [4.78, 5) is 6.57. The maximum Gasteiger partial charge on any atom is 0.0603 e. The van der Waals surface area contributed by atoms with Crippen LogP contribution in [0.15, 0.2) is 84.2 Å². The van der Waals surface area contributed by atoms with Crippen LogP contribution in [0.25, 0.3) is 0 Å². The Morgan fingerprint density at radius 3 is 2.14 bits per heavy atom. The lowest BCUT2D eigenvalue weighted by atomic mass is 9.96. The molecule has 0 N–H and O–H groups in total. The van der Waals surface area contributed by atoms with E-state index in [1.165, 1.54) is 11.1 Å². The number of halogens is 1. The zero-order valence-electron chi connectivity index (χ0n) is 15.7. The molecule has 1 fully saturated rings. The van der Waals surface area contributed by atoms with E-state index in [1.807, 2.05) is 30.5 Å². The molecule has 0 spiro atoms. The van der Waals surface area contributed by atoms with Gasteiger partial charge in [-0.15, -0.1) is 0 Å². The maximum absolute atomic E-state index is 6.11. The summed E-state index contributed by atoms with van der Waals surface area (Å²) in [6, 6.07) is 23.0. The molecule has 1 atom stereocenters. The zero-order valence-corrected chi connectivity index (χ0v) is 16.4. The van der Waals surface area contributed by atoms with Crippen LogP contribution >= 0.6 is 11.6 Å². The Morgan fingerprint density at radius 2 is 1.46 bits per heavy atom. The van der Waals surface area contributed by atoms with Crippen molar-refractivity contribution < 1.29 is 0 Å². The summed E-state index contributed by atoms with van der Waals surface area (Å²) >= 11 is 6.11. The Balaban J connectivity index is 1.48. The second-order valence-corrected chi connectivity index (χ2v) is 7.32. The molecule has 1 aliphatic rings. The normalized spacial score (nSPS) is 16.4. The lowest BCUT2D eigenvalue weighted by molar-refractivity contribution is 0.113. The van der Waals surface area contributed by atoms with Crippen molar-refractivity contribution in [2.75, 3.05) is 26.2 Å². The first kappa shape index (κ1) is 18.7. The van der Waals surface area contributed by atoms with Crippen LogP contribution < -0.4 is 0 Å². The van der Waals surface area contributed by atoms with Crippen LogP contribution in [-0.4, -0.2) is 47.3 Å². The van der Waals surface area contributed by atoms with E-state index in [0.29, 0.717) is 0 Å². The maximum atomic E-state index is 6.11. The smallest absolute Gasteiger partial charge is 0.0603 e. The van der Waals surface area contributed by atoms with Crippen molar-refractivity contribution in [2.45, 2.75) is 6.04 Å². The van der Waals surface area contributed by atoms with Crippen LogP contribution in [0.1, 0.15) is 22.7 Å². The first-order valence-electron chi connectivity index (χ1n) is 9.53. The molecular formula is C23H23ClN4. The van der Waals surface area contributed by atoms with Crippen molar-refractivity contribution in [3.8, 4) is 0 Å². The van der Waals surface area contributed by atoms with Crippen LogP contribution in [0.4, 0.5) is 0 Å². The highest BCUT2D eigenvalue weighted by Crippen LogP contribution is 2.30. The van der Waals surface area contributed by atoms with Gasteiger partial charge in [-0.1, -0.05) is 54.1 Å². The molecule has 0 aliphatic carbocycles. The van der Waals surface area contributed by atoms with Crippen LogP contribution in [0, 0.1) is 0 Å². The van der Waals surface area contributed by atoms with Gasteiger partial charge in [-0.3, -0.25) is 14.9 Å². The van der Waals surface area contributed by atoms with Gasteiger partial charge >= 0.3 is 0 Å². The third-order valence-electron chi connectivity index (χ3n) is 5.03. The fourth-order valence-corrected chi connectivity index (χ4v) is 3.70. The Labute approximate surface area is 171 Å². The molecule has 1 aromatic heterocycles. The van der Waals surface area contributed by atoms with E-state index in [-0.39, 0.29) is 6.04 Å². The molecule has 4 nitrogen and oxygen atoms in total. The number of aromatic nitrogens is 1. The van der Waals surface area contributed by atoms with Crippen molar-refractivity contribution in [3.05, 3.63) is 101 Å². The van der Waals surface area contributed by atoms with E-state index in [0.717, 1.165) is 36.8 Å². The monoisotopic (exact) mass is 390 g/mol. The summed E-state index contributed by atoms with van der Waals surface area (Å²) in [5.41, 5.74) is 3.64. The molecule has 28 heavy (non-hydrogen) atoms. The highest BCUT2D eigenvalue weighted by atomic mass is 35.5. The van der Waals surface area contributed by atoms with E-state index in [1.54, 1.807) is 12.4 Å². The summed E-state index contributed by atoms with van der Waals surface area (Å²) in [5.74, 6) is 0. The Morgan fingerprint density at radius 1 is 0.821 bits per heavy atom. The average molecular weight is 391 g/mol. The molecule has 0 amide bonds. The molecule has 0 bridgehead atoms.